The zero-order chi connectivity index (χ0) is 21.1. The Bertz CT molecular complexity index is 1060. The first-order chi connectivity index (χ1) is 14.6. The van der Waals surface area contributed by atoms with Crippen molar-refractivity contribution >= 4 is 10.8 Å². The molecule has 1 aliphatic rings. The average molecular weight is 409 g/mol. The molecule has 1 heterocycles. The molecule has 158 valence electrons. The second-order valence-electron chi connectivity index (χ2n) is 8.43. The number of methoxy groups -OCH3 is 1. The van der Waals surface area contributed by atoms with E-state index in [0.717, 1.165) is 11.5 Å². The van der Waals surface area contributed by atoms with Crippen LogP contribution >= 0.6 is 0 Å². The highest BCUT2D eigenvalue weighted by molar-refractivity contribution is 5.86. The van der Waals surface area contributed by atoms with Crippen molar-refractivity contribution in [2.75, 3.05) is 7.11 Å². The fourth-order valence-corrected chi connectivity index (χ4v) is 4.72. The Morgan fingerprint density at radius 3 is 2.47 bits per heavy atom. The van der Waals surface area contributed by atoms with Crippen molar-refractivity contribution in [3.8, 4) is 17.1 Å². The predicted octanol–water partition coefficient (Wildman–Crippen LogP) is 7.07. The third kappa shape index (κ3) is 4.14. The summed E-state index contributed by atoms with van der Waals surface area (Å²) < 4.78 is 24.8. The molecule has 1 aromatic heterocycles. The first-order valence-corrected chi connectivity index (χ1v) is 11.0. The van der Waals surface area contributed by atoms with Gasteiger partial charge in [0.15, 0.2) is 11.6 Å². The van der Waals surface area contributed by atoms with Crippen LogP contribution in [-0.4, -0.2) is 7.11 Å². The van der Waals surface area contributed by atoms with Crippen LogP contribution in [0.25, 0.3) is 22.1 Å². The highest BCUT2D eigenvalue weighted by Gasteiger charge is 2.22. The van der Waals surface area contributed by atoms with E-state index in [0.29, 0.717) is 17.1 Å². The van der Waals surface area contributed by atoms with Gasteiger partial charge < -0.3 is 9.15 Å². The summed E-state index contributed by atoms with van der Waals surface area (Å²) in [6, 6.07) is 13.2. The number of rotatable bonds is 6. The molecule has 4 rings (SSSR count). The van der Waals surface area contributed by atoms with Crippen LogP contribution in [0.15, 0.2) is 51.7 Å². The van der Waals surface area contributed by atoms with Gasteiger partial charge in [-0.1, -0.05) is 56.5 Å². The third-order valence-corrected chi connectivity index (χ3v) is 6.53. The molecule has 2 aromatic carbocycles. The van der Waals surface area contributed by atoms with Crippen LogP contribution in [0.5, 0.6) is 5.75 Å². The van der Waals surface area contributed by atoms with Gasteiger partial charge in [-0.3, -0.25) is 0 Å². The summed E-state index contributed by atoms with van der Waals surface area (Å²) in [6.07, 6.45) is 9.14. The number of fused-ring (bicyclic) bond motifs is 1. The van der Waals surface area contributed by atoms with E-state index in [2.05, 4.69) is 19.1 Å². The van der Waals surface area contributed by atoms with Gasteiger partial charge in [0, 0.05) is 5.56 Å². The number of ether oxygens (including phenoxy) is 1. The summed E-state index contributed by atoms with van der Waals surface area (Å²) >= 11 is 0. The normalized spacial score (nSPS) is 19.2. The summed E-state index contributed by atoms with van der Waals surface area (Å²) in [6.45, 7) is 2.26. The van der Waals surface area contributed by atoms with Crippen LogP contribution in [0.1, 0.15) is 63.4 Å². The van der Waals surface area contributed by atoms with Gasteiger partial charge in [0.25, 0.3) is 0 Å². The first kappa shape index (κ1) is 20.6. The maximum Gasteiger partial charge on any atom is 0.347 e. The molecular formula is C26H29FO3. The second kappa shape index (κ2) is 9.03. The quantitative estimate of drug-likeness (QED) is 0.438. The molecule has 1 saturated carbocycles. The van der Waals surface area contributed by atoms with Gasteiger partial charge in [-0.25, -0.2) is 9.18 Å². The number of hydrogen-bond donors (Lipinski definition) is 0. The van der Waals surface area contributed by atoms with Crippen molar-refractivity contribution in [2.45, 2.75) is 57.8 Å². The van der Waals surface area contributed by atoms with Crippen molar-refractivity contribution in [3.63, 3.8) is 0 Å². The molecule has 30 heavy (non-hydrogen) atoms. The predicted molar refractivity (Wildman–Crippen MR) is 119 cm³/mol. The molecule has 3 aromatic rings. The van der Waals surface area contributed by atoms with E-state index in [4.69, 9.17) is 9.15 Å². The SMILES string of the molecule is CCCCC1CCC(c2ccc(-c3cc4ccc(OC)c(F)c4c(=O)o3)cc2)CC1. The van der Waals surface area contributed by atoms with Crippen molar-refractivity contribution in [2.24, 2.45) is 5.92 Å². The fourth-order valence-electron chi connectivity index (χ4n) is 4.72. The van der Waals surface area contributed by atoms with E-state index in [9.17, 15) is 9.18 Å². The minimum Gasteiger partial charge on any atom is -0.494 e. The lowest BCUT2D eigenvalue weighted by Gasteiger charge is -2.28. The topological polar surface area (TPSA) is 39.4 Å². The van der Waals surface area contributed by atoms with Gasteiger partial charge in [0.05, 0.1) is 7.11 Å². The number of halogens is 1. The smallest absolute Gasteiger partial charge is 0.347 e. The summed E-state index contributed by atoms with van der Waals surface area (Å²) in [5.74, 6) is 1.32. The minimum absolute atomic E-state index is 0.0383. The van der Waals surface area contributed by atoms with Gasteiger partial charge in [-0.15, -0.1) is 0 Å². The van der Waals surface area contributed by atoms with Crippen molar-refractivity contribution in [1.82, 2.24) is 0 Å². The minimum atomic E-state index is -0.687. The summed E-state index contributed by atoms with van der Waals surface area (Å²) in [5, 5.41) is 0.434. The van der Waals surface area contributed by atoms with Gasteiger partial charge in [0.2, 0.25) is 0 Å². The van der Waals surface area contributed by atoms with E-state index in [1.807, 2.05) is 12.1 Å². The Labute approximate surface area is 176 Å². The van der Waals surface area contributed by atoms with Gasteiger partial charge >= 0.3 is 5.63 Å². The van der Waals surface area contributed by atoms with Crippen LogP contribution in [0.2, 0.25) is 0 Å². The van der Waals surface area contributed by atoms with Gasteiger partial charge in [-0.05, 0) is 60.6 Å². The van der Waals surface area contributed by atoms with Gasteiger partial charge in [0.1, 0.15) is 11.1 Å². The summed E-state index contributed by atoms with van der Waals surface area (Å²) in [4.78, 5) is 12.4. The van der Waals surface area contributed by atoms with Crippen LogP contribution < -0.4 is 10.4 Å². The molecule has 4 heteroatoms. The van der Waals surface area contributed by atoms with E-state index in [1.54, 1.807) is 12.1 Å². The molecule has 1 aliphatic carbocycles. The van der Waals surface area contributed by atoms with Gasteiger partial charge in [-0.2, -0.15) is 0 Å². The lowest BCUT2D eigenvalue weighted by Crippen LogP contribution is -2.13. The maximum absolute atomic E-state index is 14.4. The Balaban J connectivity index is 1.53. The Morgan fingerprint density at radius 1 is 1.07 bits per heavy atom. The molecule has 1 fully saturated rings. The fraction of sp³-hybridized carbons (Fsp3) is 0.423. The van der Waals surface area contributed by atoms with E-state index >= 15 is 0 Å². The lowest BCUT2D eigenvalue weighted by molar-refractivity contribution is 0.304. The molecule has 0 unspecified atom stereocenters. The maximum atomic E-state index is 14.4. The second-order valence-corrected chi connectivity index (χ2v) is 8.43. The largest absolute Gasteiger partial charge is 0.494 e. The van der Waals surface area contributed by atoms with Crippen molar-refractivity contribution < 1.29 is 13.5 Å². The van der Waals surface area contributed by atoms with E-state index in [1.165, 1.54) is 63.7 Å². The van der Waals surface area contributed by atoms with E-state index in [-0.39, 0.29) is 11.1 Å². The number of hydrogen-bond acceptors (Lipinski definition) is 3. The van der Waals surface area contributed by atoms with Crippen molar-refractivity contribution in [1.29, 1.82) is 0 Å². The highest BCUT2D eigenvalue weighted by atomic mass is 19.1. The molecular weight excluding hydrogens is 379 g/mol. The molecule has 0 atom stereocenters. The highest BCUT2D eigenvalue weighted by Crippen LogP contribution is 2.38. The molecule has 3 nitrogen and oxygen atoms in total. The third-order valence-electron chi connectivity index (χ3n) is 6.53. The average Bonchev–Trinajstić information content (AvgIpc) is 2.78. The Hall–Kier alpha value is -2.62. The zero-order valence-electron chi connectivity index (χ0n) is 17.7. The Kier molecular flexibility index (Phi) is 6.21. The Morgan fingerprint density at radius 2 is 1.80 bits per heavy atom. The van der Waals surface area contributed by atoms with Crippen molar-refractivity contribution in [3.05, 3.63) is 64.3 Å². The molecule has 0 saturated heterocycles. The molecule has 0 radical (unpaired) electrons. The summed E-state index contributed by atoms with van der Waals surface area (Å²) in [7, 11) is 1.37. The number of benzene rings is 2. The molecule has 0 amide bonds. The molecule has 0 N–H and O–H groups in total. The zero-order valence-corrected chi connectivity index (χ0v) is 17.7. The van der Waals surface area contributed by atoms with E-state index < -0.39 is 11.4 Å². The monoisotopic (exact) mass is 408 g/mol. The number of unbranched alkanes of at least 4 members (excludes halogenated alkanes) is 1. The lowest BCUT2D eigenvalue weighted by atomic mass is 9.77. The molecule has 0 bridgehead atoms. The van der Waals surface area contributed by atoms with Crippen LogP contribution in [-0.2, 0) is 0 Å². The molecule has 0 aliphatic heterocycles. The molecule has 0 spiro atoms. The standard InChI is InChI=1S/C26H29FO3/c1-3-4-5-17-6-8-18(9-7-17)19-10-12-20(13-11-19)23-16-21-14-15-22(29-2)25(27)24(21)26(28)30-23/h10-18H,3-9H2,1-2H3. The first-order valence-electron chi connectivity index (χ1n) is 11.0. The summed E-state index contributed by atoms with van der Waals surface area (Å²) in [5.41, 5.74) is 1.49. The van der Waals surface area contributed by atoms with Crippen LogP contribution in [0.4, 0.5) is 4.39 Å². The van der Waals surface area contributed by atoms with Crippen LogP contribution in [0, 0.1) is 11.7 Å². The van der Waals surface area contributed by atoms with Crippen LogP contribution in [0.3, 0.4) is 0 Å².